The van der Waals surface area contributed by atoms with E-state index in [1.807, 2.05) is 22.8 Å². The van der Waals surface area contributed by atoms with Crippen LogP contribution in [0.5, 0.6) is 0 Å². The maximum Gasteiger partial charge on any atom is 0.417 e. The molecule has 0 bridgehead atoms. The first kappa shape index (κ1) is 36.9. The predicted octanol–water partition coefficient (Wildman–Crippen LogP) is 6.35. The van der Waals surface area contributed by atoms with Gasteiger partial charge in [0.1, 0.15) is 0 Å². The summed E-state index contributed by atoms with van der Waals surface area (Å²) in [5, 5.41) is 10.1. The third-order valence-electron chi connectivity index (χ3n) is 9.77. The van der Waals surface area contributed by atoms with Crippen molar-refractivity contribution >= 4 is 16.8 Å². The lowest BCUT2D eigenvalue weighted by Crippen LogP contribution is -2.55. The van der Waals surface area contributed by atoms with Crippen molar-refractivity contribution in [2.24, 2.45) is 0 Å². The largest absolute Gasteiger partial charge is 0.417 e. The highest BCUT2D eigenvalue weighted by molar-refractivity contribution is 5.98. The molecule has 2 aliphatic rings. The number of fused-ring (bicyclic) bond motifs is 1. The van der Waals surface area contributed by atoms with E-state index in [9.17, 15) is 31.1 Å². The Kier molecular flexibility index (Phi) is 11.1. The summed E-state index contributed by atoms with van der Waals surface area (Å²) in [6.45, 7) is 10.2. The summed E-state index contributed by atoms with van der Waals surface area (Å²) in [6.07, 6.45) is -6.53. The standard InChI is InChI=1S/C38H44F6N6O/c1-25-17-28(19-29(18-25)37(39,40)41)23-49-15-13-48(14-16-49)22-27-7-8-34-30(20-27)31(35-26(2)5-3-6-32(35)38(42,43)44)24-50(34)12-4-9-47-36(51)33-21-45-10-11-46-33/h3,5-8,17-20,24,33,45-46H,4,9-16,21-23H2,1-2H3,(H,47,51). The minimum atomic E-state index is -4.54. The third-order valence-corrected chi connectivity index (χ3v) is 9.77. The van der Waals surface area contributed by atoms with Crippen LogP contribution in [0.2, 0.25) is 0 Å². The van der Waals surface area contributed by atoms with E-state index in [4.69, 9.17) is 0 Å². The van der Waals surface area contributed by atoms with Gasteiger partial charge < -0.3 is 20.5 Å². The fraction of sp³-hybridized carbons (Fsp3) is 0.447. The van der Waals surface area contributed by atoms with E-state index in [1.165, 1.54) is 12.1 Å². The van der Waals surface area contributed by atoms with E-state index < -0.39 is 23.5 Å². The van der Waals surface area contributed by atoms with Gasteiger partial charge in [-0.1, -0.05) is 29.8 Å². The summed E-state index contributed by atoms with van der Waals surface area (Å²) >= 11 is 0. The van der Waals surface area contributed by atoms with Crippen molar-refractivity contribution in [3.05, 3.63) is 94.2 Å². The molecule has 1 aromatic heterocycles. The van der Waals surface area contributed by atoms with E-state index in [1.54, 1.807) is 32.2 Å². The van der Waals surface area contributed by atoms with Crippen LogP contribution in [0.25, 0.3) is 22.0 Å². The average molecular weight is 715 g/mol. The van der Waals surface area contributed by atoms with Gasteiger partial charge in [0.2, 0.25) is 5.91 Å². The monoisotopic (exact) mass is 714 g/mol. The normalized spacial score (nSPS) is 18.0. The fourth-order valence-corrected chi connectivity index (χ4v) is 7.25. The second-order valence-corrected chi connectivity index (χ2v) is 13.7. The van der Waals surface area contributed by atoms with Gasteiger partial charge in [0, 0.05) is 94.7 Å². The number of nitrogens with zero attached hydrogens (tertiary/aromatic N) is 3. The molecule has 1 amide bonds. The van der Waals surface area contributed by atoms with Crippen molar-refractivity contribution in [1.29, 1.82) is 0 Å². The number of aromatic nitrogens is 1. The molecule has 3 N–H and O–H groups in total. The molecule has 51 heavy (non-hydrogen) atoms. The molecule has 1 unspecified atom stereocenters. The Morgan fingerprint density at radius 2 is 1.59 bits per heavy atom. The number of amides is 1. The highest BCUT2D eigenvalue weighted by Crippen LogP contribution is 2.42. The van der Waals surface area contributed by atoms with Crippen molar-refractivity contribution in [1.82, 2.24) is 30.3 Å². The minimum Gasteiger partial charge on any atom is -0.355 e. The highest BCUT2D eigenvalue weighted by atomic mass is 19.4. The average Bonchev–Trinajstić information content (AvgIpc) is 3.44. The zero-order valence-corrected chi connectivity index (χ0v) is 28.9. The molecule has 4 aromatic rings. The molecule has 2 saturated heterocycles. The molecule has 3 aromatic carbocycles. The van der Waals surface area contributed by atoms with Crippen LogP contribution in [0.1, 0.15) is 39.8 Å². The maximum atomic E-state index is 14.3. The van der Waals surface area contributed by atoms with Crippen LogP contribution in [0.4, 0.5) is 26.3 Å². The topological polar surface area (TPSA) is 64.6 Å². The number of aryl methyl sites for hydroxylation is 3. The molecule has 2 fully saturated rings. The number of piperazine rings is 2. The molecule has 0 aliphatic carbocycles. The molecule has 1 atom stereocenters. The van der Waals surface area contributed by atoms with E-state index in [0.29, 0.717) is 87.6 Å². The number of hydrogen-bond acceptors (Lipinski definition) is 5. The number of halogens is 6. The van der Waals surface area contributed by atoms with Crippen LogP contribution >= 0.6 is 0 Å². The van der Waals surface area contributed by atoms with Gasteiger partial charge in [-0.3, -0.25) is 14.6 Å². The van der Waals surface area contributed by atoms with E-state index in [0.717, 1.165) is 41.7 Å². The SMILES string of the molecule is Cc1cc(CN2CCN(Cc3ccc4c(c3)c(-c3c(C)cccc3C(F)(F)F)cn4CCCNC(=O)C3CNCCN3)CC2)cc(C(F)(F)F)c1. The summed E-state index contributed by atoms with van der Waals surface area (Å²) in [5.74, 6) is -0.0776. The predicted molar refractivity (Wildman–Crippen MR) is 186 cm³/mol. The number of alkyl halides is 6. The first-order valence-electron chi connectivity index (χ1n) is 17.4. The molecule has 13 heteroatoms. The van der Waals surface area contributed by atoms with Gasteiger partial charge >= 0.3 is 12.4 Å². The van der Waals surface area contributed by atoms with E-state index in [2.05, 4.69) is 25.8 Å². The second-order valence-electron chi connectivity index (χ2n) is 13.7. The second kappa shape index (κ2) is 15.4. The van der Waals surface area contributed by atoms with Crippen molar-refractivity contribution in [2.45, 2.75) is 58.3 Å². The van der Waals surface area contributed by atoms with Gasteiger partial charge in [-0.25, -0.2) is 0 Å². The summed E-state index contributed by atoms with van der Waals surface area (Å²) in [7, 11) is 0. The Hall–Kier alpha value is -3.91. The first-order valence-corrected chi connectivity index (χ1v) is 17.4. The van der Waals surface area contributed by atoms with Crippen molar-refractivity contribution in [2.75, 3.05) is 52.4 Å². The molecule has 2 aliphatic heterocycles. The van der Waals surface area contributed by atoms with E-state index >= 15 is 0 Å². The van der Waals surface area contributed by atoms with Gasteiger partial charge in [-0.15, -0.1) is 0 Å². The maximum absolute atomic E-state index is 14.3. The van der Waals surface area contributed by atoms with Crippen LogP contribution in [0.15, 0.2) is 60.8 Å². The zero-order valence-electron chi connectivity index (χ0n) is 28.9. The van der Waals surface area contributed by atoms with Crippen molar-refractivity contribution in [3.8, 4) is 11.1 Å². The van der Waals surface area contributed by atoms with Crippen molar-refractivity contribution < 1.29 is 31.1 Å². The van der Waals surface area contributed by atoms with Crippen molar-refractivity contribution in [3.63, 3.8) is 0 Å². The van der Waals surface area contributed by atoms with E-state index in [-0.39, 0.29) is 17.5 Å². The first-order chi connectivity index (χ1) is 24.3. The Balaban J connectivity index is 1.18. The van der Waals surface area contributed by atoms with Gasteiger partial charge in [-0.05, 0) is 72.9 Å². The van der Waals surface area contributed by atoms with Crippen LogP contribution in [-0.4, -0.2) is 78.7 Å². The smallest absolute Gasteiger partial charge is 0.355 e. The number of carbonyl (C=O) groups excluding carboxylic acids is 1. The van der Waals surface area contributed by atoms with Gasteiger partial charge in [0.25, 0.3) is 0 Å². The van der Waals surface area contributed by atoms with Crippen LogP contribution in [0.3, 0.4) is 0 Å². The molecular formula is C38H44F6N6O. The quantitative estimate of drug-likeness (QED) is 0.132. The molecule has 0 spiro atoms. The molecule has 274 valence electrons. The summed E-state index contributed by atoms with van der Waals surface area (Å²) in [4.78, 5) is 17.0. The Bertz CT molecular complexity index is 1840. The highest BCUT2D eigenvalue weighted by Gasteiger charge is 2.35. The number of carbonyl (C=O) groups is 1. The Morgan fingerprint density at radius 1 is 0.863 bits per heavy atom. The number of rotatable bonds is 10. The molecule has 7 nitrogen and oxygen atoms in total. The third kappa shape index (κ3) is 8.94. The Labute approximate surface area is 294 Å². The summed E-state index contributed by atoms with van der Waals surface area (Å²) in [6, 6.07) is 14.1. The summed E-state index contributed by atoms with van der Waals surface area (Å²) in [5.41, 5.74) is 2.88. The number of nitrogens with one attached hydrogen (secondary N) is 3. The van der Waals surface area contributed by atoms with Crippen LogP contribution < -0.4 is 16.0 Å². The van der Waals surface area contributed by atoms with Gasteiger partial charge in [0.15, 0.2) is 0 Å². The number of hydrogen-bond donors (Lipinski definition) is 3. The Morgan fingerprint density at radius 3 is 2.25 bits per heavy atom. The number of benzene rings is 3. The summed E-state index contributed by atoms with van der Waals surface area (Å²) < 4.78 is 85.1. The molecule has 6 rings (SSSR count). The lowest BCUT2D eigenvalue weighted by atomic mass is 9.94. The van der Waals surface area contributed by atoms with Gasteiger partial charge in [-0.2, -0.15) is 26.3 Å². The van der Waals surface area contributed by atoms with Crippen LogP contribution in [-0.2, 0) is 36.8 Å². The lowest BCUT2D eigenvalue weighted by Gasteiger charge is -2.35. The van der Waals surface area contributed by atoms with Crippen LogP contribution in [0, 0.1) is 13.8 Å². The fourth-order valence-electron chi connectivity index (χ4n) is 7.25. The molecule has 3 heterocycles. The molecule has 0 saturated carbocycles. The molecule has 0 radical (unpaired) electrons. The minimum absolute atomic E-state index is 0.0776. The van der Waals surface area contributed by atoms with Gasteiger partial charge in [0.05, 0.1) is 17.2 Å². The molecular weight excluding hydrogens is 670 g/mol. The zero-order chi connectivity index (χ0) is 36.3. The lowest BCUT2D eigenvalue weighted by molar-refractivity contribution is -0.138.